The van der Waals surface area contributed by atoms with Crippen LogP contribution in [0.5, 0.6) is 0 Å². The predicted octanol–water partition coefficient (Wildman–Crippen LogP) is -0.0338. The molecule has 0 aliphatic rings. The predicted molar refractivity (Wildman–Crippen MR) is 123 cm³/mol. The zero-order valence-electron chi connectivity index (χ0n) is 17.2. The van der Waals surface area contributed by atoms with Gasteiger partial charge in [-0.05, 0) is 45.9 Å². The summed E-state index contributed by atoms with van der Waals surface area (Å²) in [6, 6.07) is -0.0116. The fourth-order valence-electron chi connectivity index (χ4n) is 2.42. The third kappa shape index (κ3) is 7.62. The summed E-state index contributed by atoms with van der Waals surface area (Å²) in [7, 11) is -34.0. The topological polar surface area (TPSA) is 326 Å². The molecule has 0 heterocycles. The quantitative estimate of drug-likeness (QED) is 0.148. The Hall–Kier alpha value is -1.40. The molecule has 0 aliphatic carbocycles. The smallest absolute Gasteiger partial charge is 0.282 e. The van der Waals surface area contributed by atoms with Crippen LogP contribution in [0.4, 0.5) is 0 Å². The maximum absolute atomic E-state index is 11.8. The summed E-state index contributed by atoms with van der Waals surface area (Å²) in [5, 5.41) is 0. The average molecular weight is 699 g/mol. The molecule has 6 N–H and O–H groups in total. The fourth-order valence-corrected chi connectivity index (χ4v) is 11.1. The van der Waals surface area contributed by atoms with Crippen LogP contribution in [-0.2, 0) is 60.7 Å². The van der Waals surface area contributed by atoms with Crippen LogP contribution in [0.15, 0.2) is 63.4 Å². The van der Waals surface area contributed by atoms with Gasteiger partial charge in [0.15, 0.2) is 0 Å². The highest BCUT2D eigenvalue weighted by Crippen LogP contribution is 2.48. The van der Waals surface area contributed by atoms with Gasteiger partial charge >= 0.3 is 0 Å². The largest absolute Gasteiger partial charge is 0.295 e. The lowest BCUT2D eigenvalue weighted by atomic mass is 10.3. The molecular formula is C12H10O18S8. The minimum atomic E-state index is -5.64. The highest BCUT2D eigenvalue weighted by molar-refractivity contribution is 8.76. The zero-order chi connectivity index (χ0) is 29.9. The van der Waals surface area contributed by atoms with Gasteiger partial charge in [0.05, 0.1) is 19.6 Å². The highest BCUT2D eigenvalue weighted by Gasteiger charge is 2.33. The third-order valence-corrected chi connectivity index (χ3v) is 12.1. The molecule has 0 aromatic heterocycles. The molecule has 0 bridgehead atoms. The van der Waals surface area contributed by atoms with Crippen molar-refractivity contribution in [3.05, 3.63) is 24.3 Å². The van der Waals surface area contributed by atoms with Crippen LogP contribution in [-0.4, -0.2) is 77.8 Å². The normalized spacial score (nSPS) is 13.9. The summed E-state index contributed by atoms with van der Waals surface area (Å²) in [6.07, 6.45) is 0. The van der Waals surface area contributed by atoms with Gasteiger partial charge in [0.1, 0.15) is 19.6 Å². The molecule has 18 nitrogen and oxygen atoms in total. The Labute approximate surface area is 222 Å². The SMILES string of the molecule is O=S(=O)(O)c1cc(S(=O)(=O)O)c(SSc2c(S(=O)(=O)O)cc(S(=O)(=O)O)cc2S(=O)(=O)O)c(S(=O)(=O)O)c1. The molecule has 0 unspecified atom stereocenters. The van der Waals surface area contributed by atoms with E-state index in [1.165, 1.54) is 0 Å². The van der Waals surface area contributed by atoms with Crippen molar-refractivity contribution in [1.82, 2.24) is 0 Å². The standard InChI is InChI=1S/C12H10O18S8/c13-33(14,15)5-1-7(35(19,20)21)11(8(2-5)36(22,23)24)31-32-12-9(37(25,26)27)3-6(34(16,17)18)4-10(12)38(28,29)30/h1-4H,(H,13,14,15)(H,16,17,18)(H,19,20,21)(H,22,23,24)(H,25,26,27)(H,28,29,30). The van der Waals surface area contributed by atoms with Crippen molar-refractivity contribution >= 4 is 82.3 Å². The maximum Gasteiger partial charge on any atom is 0.295 e. The Bertz CT molecular complexity index is 1730. The molecule has 0 saturated carbocycles. The molecule has 0 radical (unpaired) electrons. The van der Waals surface area contributed by atoms with E-state index in [1.54, 1.807) is 0 Å². The molecule has 0 aliphatic heterocycles. The second kappa shape index (κ2) is 10.2. The summed E-state index contributed by atoms with van der Waals surface area (Å²) in [5.41, 5.74) is 0. The van der Waals surface area contributed by atoms with E-state index in [9.17, 15) is 68.7 Å². The van der Waals surface area contributed by atoms with Gasteiger partial charge in [-0.15, -0.1) is 0 Å². The Morgan fingerprint density at radius 3 is 0.684 bits per heavy atom. The van der Waals surface area contributed by atoms with Gasteiger partial charge in [-0.1, -0.05) is 0 Å². The van der Waals surface area contributed by atoms with Gasteiger partial charge in [-0.3, -0.25) is 27.3 Å². The molecule has 38 heavy (non-hydrogen) atoms. The van der Waals surface area contributed by atoms with Gasteiger partial charge in [-0.2, -0.15) is 50.5 Å². The van der Waals surface area contributed by atoms with E-state index in [4.69, 9.17) is 9.11 Å². The Morgan fingerprint density at radius 2 is 0.553 bits per heavy atom. The monoisotopic (exact) mass is 698 g/mol. The summed E-state index contributed by atoms with van der Waals surface area (Å²) in [4.78, 5) is -12.2. The summed E-state index contributed by atoms with van der Waals surface area (Å²) in [5.74, 6) is 0. The number of hydrogen-bond acceptors (Lipinski definition) is 14. The molecule has 0 saturated heterocycles. The summed E-state index contributed by atoms with van der Waals surface area (Å²) in [6.45, 7) is 0. The van der Waals surface area contributed by atoms with Crippen molar-refractivity contribution in [2.24, 2.45) is 0 Å². The number of benzene rings is 2. The van der Waals surface area contributed by atoms with Gasteiger partial charge in [0.25, 0.3) is 60.7 Å². The van der Waals surface area contributed by atoms with Crippen LogP contribution in [0.2, 0.25) is 0 Å². The molecule has 214 valence electrons. The van der Waals surface area contributed by atoms with Crippen molar-refractivity contribution in [1.29, 1.82) is 0 Å². The van der Waals surface area contributed by atoms with Crippen LogP contribution >= 0.6 is 21.6 Å². The lowest BCUT2D eigenvalue weighted by Crippen LogP contribution is -2.11. The van der Waals surface area contributed by atoms with Crippen molar-refractivity contribution in [3.8, 4) is 0 Å². The highest BCUT2D eigenvalue weighted by atomic mass is 33.1. The van der Waals surface area contributed by atoms with Gasteiger partial charge in [0, 0.05) is 0 Å². The minimum absolute atomic E-state index is 0.00291. The Kier molecular flexibility index (Phi) is 8.82. The molecular weight excluding hydrogens is 689 g/mol. The van der Waals surface area contributed by atoms with E-state index in [1.807, 2.05) is 0 Å². The van der Waals surface area contributed by atoms with E-state index >= 15 is 0 Å². The molecule has 26 heteroatoms. The zero-order valence-corrected chi connectivity index (χ0v) is 23.7. The van der Waals surface area contributed by atoms with E-state index in [2.05, 4.69) is 0 Å². The summed E-state index contributed by atoms with van der Waals surface area (Å²) < 4.78 is 197. The van der Waals surface area contributed by atoms with E-state index < -0.39 is 99.9 Å². The lowest BCUT2D eigenvalue weighted by molar-refractivity contribution is 0.467. The maximum atomic E-state index is 11.8. The number of rotatable bonds is 9. The first-order valence-corrected chi connectivity index (χ1v) is 19.0. The second-order valence-corrected chi connectivity index (χ2v) is 17.1. The van der Waals surface area contributed by atoms with E-state index in [0.717, 1.165) is 0 Å². The number of hydrogen-bond donors (Lipinski definition) is 6. The fraction of sp³-hybridized carbons (Fsp3) is 0. The van der Waals surface area contributed by atoms with Crippen LogP contribution in [0, 0.1) is 0 Å². The van der Waals surface area contributed by atoms with Crippen molar-refractivity contribution in [2.45, 2.75) is 39.2 Å². The van der Waals surface area contributed by atoms with Crippen LogP contribution in [0.1, 0.15) is 0 Å². The molecule has 2 aromatic rings. The first-order valence-electron chi connectivity index (χ1n) is 8.20. The third-order valence-electron chi connectivity index (χ3n) is 3.90. The van der Waals surface area contributed by atoms with Crippen molar-refractivity contribution < 1.29 is 77.8 Å². The van der Waals surface area contributed by atoms with Gasteiger partial charge < -0.3 is 0 Å². The van der Waals surface area contributed by atoms with Gasteiger partial charge in [-0.25, -0.2) is 0 Å². The summed E-state index contributed by atoms with van der Waals surface area (Å²) >= 11 is 0. The molecule has 0 atom stereocenters. The first kappa shape index (κ1) is 32.8. The Morgan fingerprint density at radius 1 is 0.368 bits per heavy atom. The van der Waals surface area contributed by atoms with E-state index in [-0.39, 0.29) is 45.9 Å². The van der Waals surface area contributed by atoms with E-state index in [0.29, 0.717) is 0 Å². The molecule has 0 amide bonds. The second-order valence-electron chi connectivity index (χ2n) is 6.51. The minimum Gasteiger partial charge on any atom is -0.282 e. The lowest BCUT2D eigenvalue weighted by Gasteiger charge is -2.15. The van der Waals surface area contributed by atoms with Gasteiger partial charge in [0.2, 0.25) is 0 Å². The first-order chi connectivity index (χ1) is 16.6. The average Bonchev–Trinajstić information content (AvgIpc) is 2.66. The molecule has 0 spiro atoms. The van der Waals surface area contributed by atoms with Crippen molar-refractivity contribution in [3.63, 3.8) is 0 Å². The van der Waals surface area contributed by atoms with Crippen LogP contribution < -0.4 is 0 Å². The molecule has 2 aromatic carbocycles. The Balaban J connectivity index is 3.04. The molecule has 0 fully saturated rings. The molecule has 2 rings (SSSR count). The van der Waals surface area contributed by atoms with Crippen LogP contribution in [0.3, 0.4) is 0 Å². The van der Waals surface area contributed by atoms with Crippen LogP contribution in [0.25, 0.3) is 0 Å². The van der Waals surface area contributed by atoms with Crippen molar-refractivity contribution in [2.75, 3.05) is 0 Å².